The molecule has 2 aromatic rings. The van der Waals surface area contributed by atoms with Crippen molar-refractivity contribution in [1.82, 2.24) is 9.97 Å². The standard InChI is InChI=1S/C15H21N5/c1-10(2)13-6-4-12(5-7-13)9-17-14-8-11(3)18-15(19-14)20-16/h4-8,10H,9,16H2,1-3H3,(H2,17,18,19,20). The van der Waals surface area contributed by atoms with Gasteiger partial charge < -0.3 is 5.32 Å². The summed E-state index contributed by atoms with van der Waals surface area (Å²) < 4.78 is 0. The number of nitrogens with zero attached hydrogens (tertiary/aromatic N) is 2. The van der Waals surface area contributed by atoms with Crippen LogP contribution in [0.25, 0.3) is 0 Å². The zero-order valence-corrected chi connectivity index (χ0v) is 12.1. The second kappa shape index (κ2) is 6.34. The fourth-order valence-corrected chi connectivity index (χ4v) is 1.94. The maximum Gasteiger partial charge on any atom is 0.239 e. The molecule has 0 aliphatic carbocycles. The average molecular weight is 271 g/mol. The van der Waals surface area contributed by atoms with Crippen molar-refractivity contribution in [2.24, 2.45) is 5.84 Å². The highest BCUT2D eigenvalue weighted by atomic mass is 15.3. The van der Waals surface area contributed by atoms with Crippen LogP contribution in [0.4, 0.5) is 11.8 Å². The molecule has 0 aliphatic heterocycles. The highest BCUT2D eigenvalue weighted by Gasteiger charge is 2.02. The molecular formula is C15H21N5. The van der Waals surface area contributed by atoms with Gasteiger partial charge in [-0.3, -0.25) is 5.43 Å². The molecule has 1 aromatic carbocycles. The number of hydrogen-bond acceptors (Lipinski definition) is 5. The summed E-state index contributed by atoms with van der Waals surface area (Å²) in [6.45, 7) is 7.01. The summed E-state index contributed by atoms with van der Waals surface area (Å²) in [7, 11) is 0. The molecule has 1 aromatic heterocycles. The topological polar surface area (TPSA) is 75.9 Å². The van der Waals surface area contributed by atoms with Crippen molar-refractivity contribution < 1.29 is 0 Å². The number of nitrogens with two attached hydrogens (primary N) is 1. The van der Waals surface area contributed by atoms with E-state index < -0.39 is 0 Å². The molecule has 106 valence electrons. The third kappa shape index (κ3) is 3.68. The lowest BCUT2D eigenvalue weighted by molar-refractivity contribution is 0.865. The molecule has 0 bridgehead atoms. The van der Waals surface area contributed by atoms with Crippen molar-refractivity contribution in [3.05, 3.63) is 47.2 Å². The molecule has 0 spiro atoms. The first-order valence-electron chi connectivity index (χ1n) is 6.73. The molecule has 5 nitrogen and oxygen atoms in total. The molecule has 20 heavy (non-hydrogen) atoms. The first-order chi connectivity index (χ1) is 9.58. The Bertz CT molecular complexity index is 563. The number of anilines is 2. The van der Waals surface area contributed by atoms with Gasteiger partial charge in [-0.1, -0.05) is 38.1 Å². The van der Waals surface area contributed by atoms with Gasteiger partial charge >= 0.3 is 0 Å². The first-order valence-corrected chi connectivity index (χ1v) is 6.73. The molecule has 0 fully saturated rings. The van der Waals surface area contributed by atoms with Gasteiger partial charge in [-0.2, -0.15) is 4.98 Å². The van der Waals surface area contributed by atoms with Crippen LogP contribution in [-0.4, -0.2) is 9.97 Å². The molecule has 4 N–H and O–H groups in total. The molecule has 0 atom stereocenters. The van der Waals surface area contributed by atoms with Gasteiger partial charge in [0.2, 0.25) is 5.95 Å². The van der Waals surface area contributed by atoms with Crippen LogP contribution in [0, 0.1) is 6.92 Å². The van der Waals surface area contributed by atoms with Crippen molar-refractivity contribution in [3.8, 4) is 0 Å². The quantitative estimate of drug-likeness (QED) is 0.576. The van der Waals surface area contributed by atoms with E-state index in [2.05, 4.69) is 58.8 Å². The summed E-state index contributed by atoms with van der Waals surface area (Å²) in [6.07, 6.45) is 0. The maximum atomic E-state index is 5.34. The van der Waals surface area contributed by atoms with E-state index in [1.165, 1.54) is 11.1 Å². The Labute approximate surface area is 119 Å². The van der Waals surface area contributed by atoms with Crippen LogP contribution < -0.4 is 16.6 Å². The van der Waals surface area contributed by atoms with Gasteiger partial charge in [0.25, 0.3) is 0 Å². The van der Waals surface area contributed by atoms with Crippen LogP contribution in [0.3, 0.4) is 0 Å². The van der Waals surface area contributed by atoms with E-state index >= 15 is 0 Å². The van der Waals surface area contributed by atoms with Gasteiger partial charge in [0.1, 0.15) is 5.82 Å². The minimum Gasteiger partial charge on any atom is -0.366 e. The lowest BCUT2D eigenvalue weighted by atomic mass is 10.0. The van der Waals surface area contributed by atoms with E-state index in [9.17, 15) is 0 Å². The number of rotatable bonds is 5. The highest BCUT2D eigenvalue weighted by molar-refractivity contribution is 5.42. The largest absolute Gasteiger partial charge is 0.366 e. The van der Waals surface area contributed by atoms with Gasteiger partial charge in [-0.05, 0) is 24.0 Å². The van der Waals surface area contributed by atoms with E-state index in [0.29, 0.717) is 11.9 Å². The van der Waals surface area contributed by atoms with Gasteiger partial charge in [0.05, 0.1) is 0 Å². The van der Waals surface area contributed by atoms with E-state index in [1.807, 2.05) is 13.0 Å². The minimum absolute atomic E-state index is 0.419. The summed E-state index contributed by atoms with van der Waals surface area (Å²) in [5.74, 6) is 7.07. The molecule has 0 saturated carbocycles. The molecule has 0 amide bonds. The van der Waals surface area contributed by atoms with Crippen LogP contribution in [0.15, 0.2) is 30.3 Å². The normalized spacial score (nSPS) is 10.7. The minimum atomic E-state index is 0.419. The number of nitrogens with one attached hydrogen (secondary N) is 2. The molecule has 0 unspecified atom stereocenters. The summed E-state index contributed by atoms with van der Waals surface area (Å²) in [5.41, 5.74) is 5.89. The van der Waals surface area contributed by atoms with Crippen LogP contribution in [0.1, 0.15) is 36.6 Å². The molecule has 5 heteroatoms. The summed E-state index contributed by atoms with van der Waals surface area (Å²) in [5, 5.41) is 3.28. The van der Waals surface area contributed by atoms with E-state index in [1.54, 1.807) is 0 Å². The fraction of sp³-hybridized carbons (Fsp3) is 0.333. The van der Waals surface area contributed by atoms with Crippen molar-refractivity contribution >= 4 is 11.8 Å². The molecule has 0 saturated heterocycles. The maximum absolute atomic E-state index is 5.34. The van der Waals surface area contributed by atoms with Crippen LogP contribution >= 0.6 is 0 Å². The van der Waals surface area contributed by atoms with Crippen LogP contribution in [0.2, 0.25) is 0 Å². The van der Waals surface area contributed by atoms with Crippen LogP contribution in [0.5, 0.6) is 0 Å². The van der Waals surface area contributed by atoms with Crippen LogP contribution in [-0.2, 0) is 6.54 Å². The third-order valence-corrected chi connectivity index (χ3v) is 3.10. The van der Waals surface area contributed by atoms with Crippen molar-refractivity contribution in [3.63, 3.8) is 0 Å². The first kappa shape index (κ1) is 14.3. The van der Waals surface area contributed by atoms with Crippen molar-refractivity contribution in [2.45, 2.75) is 33.2 Å². The van der Waals surface area contributed by atoms with Gasteiger partial charge in [-0.25, -0.2) is 10.8 Å². The predicted octanol–water partition coefficient (Wildman–Crippen LogP) is 2.81. The monoisotopic (exact) mass is 271 g/mol. The van der Waals surface area contributed by atoms with Crippen molar-refractivity contribution in [2.75, 3.05) is 10.7 Å². The predicted molar refractivity (Wildman–Crippen MR) is 82.4 cm³/mol. The Balaban J connectivity index is 2.03. The van der Waals surface area contributed by atoms with Gasteiger partial charge in [0, 0.05) is 18.3 Å². The number of nitrogen functional groups attached to an aromatic ring is 1. The molecular weight excluding hydrogens is 250 g/mol. The Morgan fingerprint density at radius 1 is 1.15 bits per heavy atom. The van der Waals surface area contributed by atoms with E-state index in [-0.39, 0.29) is 0 Å². The zero-order valence-electron chi connectivity index (χ0n) is 12.1. The second-order valence-electron chi connectivity index (χ2n) is 5.11. The summed E-state index contributed by atoms with van der Waals surface area (Å²) in [4.78, 5) is 8.41. The SMILES string of the molecule is Cc1cc(NCc2ccc(C(C)C)cc2)nc(NN)n1. The zero-order chi connectivity index (χ0) is 14.5. The number of aromatic nitrogens is 2. The third-order valence-electron chi connectivity index (χ3n) is 3.10. The molecule has 0 aliphatic rings. The Morgan fingerprint density at radius 3 is 2.45 bits per heavy atom. The number of hydrazine groups is 1. The van der Waals surface area contributed by atoms with Crippen molar-refractivity contribution in [1.29, 1.82) is 0 Å². The molecule has 2 rings (SSSR count). The lowest BCUT2D eigenvalue weighted by Gasteiger charge is -2.10. The second-order valence-corrected chi connectivity index (χ2v) is 5.11. The van der Waals surface area contributed by atoms with E-state index in [0.717, 1.165) is 18.1 Å². The highest BCUT2D eigenvalue weighted by Crippen LogP contribution is 2.16. The average Bonchev–Trinajstić information content (AvgIpc) is 2.45. The summed E-state index contributed by atoms with van der Waals surface area (Å²) in [6, 6.07) is 10.5. The fourth-order valence-electron chi connectivity index (χ4n) is 1.94. The van der Waals surface area contributed by atoms with Gasteiger partial charge in [-0.15, -0.1) is 0 Å². The number of benzene rings is 1. The smallest absolute Gasteiger partial charge is 0.239 e. The Morgan fingerprint density at radius 2 is 1.85 bits per heavy atom. The molecule has 1 heterocycles. The Kier molecular flexibility index (Phi) is 4.53. The molecule has 0 radical (unpaired) electrons. The van der Waals surface area contributed by atoms with E-state index in [4.69, 9.17) is 5.84 Å². The lowest BCUT2D eigenvalue weighted by Crippen LogP contribution is -2.12. The number of aryl methyl sites for hydroxylation is 1. The summed E-state index contributed by atoms with van der Waals surface area (Å²) >= 11 is 0. The Hall–Kier alpha value is -2.14. The number of hydrogen-bond donors (Lipinski definition) is 3. The van der Waals surface area contributed by atoms with Gasteiger partial charge in [0.15, 0.2) is 0 Å².